The Morgan fingerprint density at radius 1 is 1.39 bits per heavy atom. The van der Waals surface area contributed by atoms with Gasteiger partial charge in [-0.15, -0.1) is 0 Å². The lowest BCUT2D eigenvalue weighted by atomic mass is 9.97. The molecular formula is C15H22N2O. The number of nitriles is 1. The molecule has 0 spiro atoms. The normalized spacial score (nSPS) is 12.2. The molecule has 0 aliphatic carbocycles. The van der Waals surface area contributed by atoms with Crippen molar-refractivity contribution in [3.05, 3.63) is 29.8 Å². The zero-order valence-corrected chi connectivity index (χ0v) is 11.4. The van der Waals surface area contributed by atoms with E-state index in [9.17, 15) is 0 Å². The van der Waals surface area contributed by atoms with Crippen LogP contribution in [0.5, 0.6) is 5.75 Å². The van der Waals surface area contributed by atoms with Crippen molar-refractivity contribution in [1.82, 2.24) is 5.32 Å². The first-order valence-corrected chi connectivity index (χ1v) is 6.40. The molecule has 1 unspecified atom stereocenters. The molecule has 1 rings (SSSR count). The van der Waals surface area contributed by atoms with E-state index >= 15 is 0 Å². The highest BCUT2D eigenvalue weighted by molar-refractivity contribution is 5.28. The Balaban J connectivity index is 2.31. The number of nitrogens with zero attached hydrogens (tertiary/aromatic N) is 1. The first-order valence-electron chi connectivity index (χ1n) is 6.40. The van der Waals surface area contributed by atoms with Crippen LogP contribution in [0.3, 0.4) is 0 Å². The summed E-state index contributed by atoms with van der Waals surface area (Å²) in [5.41, 5.74) is 1.25. The minimum Gasteiger partial charge on any atom is -0.497 e. The van der Waals surface area contributed by atoms with Gasteiger partial charge in [-0.1, -0.05) is 26.0 Å². The molecule has 1 aromatic rings. The molecule has 0 fully saturated rings. The van der Waals surface area contributed by atoms with E-state index in [-0.39, 0.29) is 5.92 Å². The van der Waals surface area contributed by atoms with Crippen LogP contribution in [0.25, 0.3) is 0 Å². The van der Waals surface area contributed by atoms with Gasteiger partial charge in [-0.25, -0.2) is 0 Å². The fraction of sp³-hybridized carbons (Fsp3) is 0.533. The molecule has 3 heteroatoms. The number of ether oxygens (including phenoxy) is 1. The van der Waals surface area contributed by atoms with E-state index in [1.54, 1.807) is 7.11 Å². The molecule has 0 aromatic heterocycles. The molecule has 0 heterocycles. The summed E-state index contributed by atoms with van der Waals surface area (Å²) < 4.78 is 5.18. The van der Waals surface area contributed by atoms with E-state index in [0.29, 0.717) is 5.92 Å². The van der Waals surface area contributed by atoms with Gasteiger partial charge < -0.3 is 10.1 Å². The van der Waals surface area contributed by atoms with Crippen LogP contribution in [0.4, 0.5) is 0 Å². The standard InChI is InChI=1S/C15H22N2O/c1-12(2)14(10-16)11-17-8-7-13-5-4-6-15(9-13)18-3/h4-6,9,12,14,17H,7-8,11H2,1-3H3. The second-order valence-corrected chi connectivity index (χ2v) is 4.79. The smallest absolute Gasteiger partial charge is 0.119 e. The Bertz CT molecular complexity index is 396. The summed E-state index contributed by atoms with van der Waals surface area (Å²) in [6.07, 6.45) is 0.952. The Morgan fingerprint density at radius 3 is 2.78 bits per heavy atom. The van der Waals surface area contributed by atoms with Crippen LogP contribution >= 0.6 is 0 Å². The molecular weight excluding hydrogens is 224 g/mol. The van der Waals surface area contributed by atoms with Gasteiger partial charge in [-0.2, -0.15) is 5.26 Å². The zero-order valence-electron chi connectivity index (χ0n) is 11.4. The molecule has 0 amide bonds. The first-order chi connectivity index (χ1) is 8.67. The van der Waals surface area contributed by atoms with Gasteiger partial charge in [-0.05, 0) is 36.6 Å². The molecule has 18 heavy (non-hydrogen) atoms. The Hall–Kier alpha value is -1.53. The maximum absolute atomic E-state index is 8.97. The summed E-state index contributed by atoms with van der Waals surface area (Å²) in [6, 6.07) is 10.4. The van der Waals surface area contributed by atoms with Crippen molar-refractivity contribution in [2.24, 2.45) is 11.8 Å². The highest BCUT2D eigenvalue weighted by Gasteiger charge is 2.10. The van der Waals surface area contributed by atoms with Gasteiger partial charge in [0, 0.05) is 6.54 Å². The predicted molar refractivity (Wildman–Crippen MR) is 73.5 cm³/mol. The number of nitrogens with one attached hydrogen (secondary N) is 1. The second-order valence-electron chi connectivity index (χ2n) is 4.79. The number of methoxy groups -OCH3 is 1. The summed E-state index contributed by atoms with van der Waals surface area (Å²) in [5, 5.41) is 12.3. The average Bonchev–Trinajstić information content (AvgIpc) is 2.38. The topological polar surface area (TPSA) is 45.0 Å². The third-order valence-electron chi connectivity index (χ3n) is 3.06. The Labute approximate surface area is 110 Å². The van der Waals surface area contributed by atoms with Gasteiger partial charge >= 0.3 is 0 Å². The molecule has 0 saturated carbocycles. The lowest BCUT2D eigenvalue weighted by molar-refractivity contribution is 0.414. The molecule has 3 nitrogen and oxygen atoms in total. The maximum atomic E-state index is 8.97. The van der Waals surface area contributed by atoms with Crippen molar-refractivity contribution in [1.29, 1.82) is 5.26 Å². The summed E-state index contributed by atoms with van der Waals surface area (Å²) in [4.78, 5) is 0. The fourth-order valence-electron chi connectivity index (χ4n) is 1.75. The maximum Gasteiger partial charge on any atom is 0.119 e. The van der Waals surface area contributed by atoms with Gasteiger partial charge in [0.2, 0.25) is 0 Å². The number of hydrogen-bond donors (Lipinski definition) is 1. The van der Waals surface area contributed by atoms with E-state index in [0.717, 1.165) is 25.3 Å². The van der Waals surface area contributed by atoms with Crippen molar-refractivity contribution in [3.8, 4) is 11.8 Å². The van der Waals surface area contributed by atoms with Crippen molar-refractivity contribution in [3.63, 3.8) is 0 Å². The quantitative estimate of drug-likeness (QED) is 0.752. The van der Waals surface area contributed by atoms with E-state index < -0.39 is 0 Å². The minimum absolute atomic E-state index is 0.0929. The van der Waals surface area contributed by atoms with Crippen molar-refractivity contribution < 1.29 is 4.74 Å². The van der Waals surface area contributed by atoms with Gasteiger partial charge in [0.15, 0.2) is 0 Å². The SMILES string of the molecule is COc1cccc(CCNCC(C#N)C(C)C)c1. The largest absolute Gasteiger partial charge is 0.497 e. The molecule has 1 aromatic carbocycles. The third-order valence-corrected chi connectivity index (χ3v) is 3.06. The van der Waals surface area contributed by atoms with E-state index in [2.05, 4.69) is 31.3 Å². The van der Waals surface area contributed by atoms with Gasteiger partial charge in [-0.3, -0.25) is 0 Å². The van der Waals surface area contributed by atoms with Crippen molar-refractivity contribution in [2.45, 2.75) is 20.3 Å². The summed E-state index contributed by atoms with van der Waals surface area (Å²) in [7, 11) is 1.68. The molecule has 0 radical (unpaired) electrons. The van der Waals surface area contributed by atoms with Crippen LogP contribution in [-0.4, -0.2) is 20.2 Å². The van der Waals surface area contributed by atoms with Crippen LogP contribution < -0.4 is 10.1 Å². The predicted octanol–water partition coefficient (Wildman–Crippen LogP) is 2.62. The van der Waals surface area contributed by atoms with Gasteiger partial charge in [0.05, 0.1) is 19.1 Å². The van der Waals surface area contributed by atoms with Crippen LogP contribution in [-0.2, 0) is 6.42 Å². The van der Waals surface area contributed by atoms with Crippen LogP contribution in [0.15, 0.2) is 24.3 Å². The van der Waals surface area contributed by atoms with E-state index in [1.807, 2.05) is 18.2 Å². The van der Waals surface area contributed by atoms with E-state index in [1.165, 1.54) is 5.56 Å². The zero-order chi connectivity index (χ0) is 13.4. The molecule has 98 valence electrons. The first kappa shape index (κ1) is 14.5. The summed E-state index contributed by atoms with van der Waals surface area (Å²) >= 11 is 0. The third kappa shape index (κ3) is 4.77. The van der Waals surface area contributed by atoms with Crippen molar-refractivity contribution >= 4 is 0 Å². The summed E-state index contributed by atoms with van der Waals surface area (Å²) in [5.74, 6) is 1.39. The molecule has 1 atom stereocenters. The lowest BCUT2D eigenvalue weighted by Crippen LogP contribution is -2.26. The summed E-state index contributed by atoms with van der Waals surface area (Å²) in [6.45, 7) is 5.81. The van der Waals surface area contributed by atoms with Gasteiger partial charge in [0.25, 0.3) is 0 Å². The highest BCUT2D eigenvalue weighted by atomic mass is 16.5. The number of rotatable bonds is 7. The fourth-order valence-corrected chi connectivity index (χ4v) is 1.75. The van der Waals surface area contributed by atoms with E-state index in [4.69, 9.17) is 10.00 Å². The molecule has 0 aliphatic rings. The minimum atomic E-state index is 0.0929. The molecule has 1 N–H and O–H groups in total. The van der Waals surface area contributed by atoms with Crippen molar-refractivity contribution in [2.75, 3.05) is 20.2 Å². The van der Waals surface area contributed by atoms with Crippen LogP contribution in [0.1, 0.15) is 19.4 Å². The monoisotopic (exact) mass is 246 g/mol. The molecule has 0 bridgehead atoms. The Kier molecular flexibility index (Phi) is 6.24. The lowest BCUT2D eigenvalue weighted by Gasteiger charge is -2.13. The average molecular weight is 246 g/mol. The number of hydrogen-bond acceptors (Lipinski definition) is 3. The molecule has 0 aliphatic heterocycles. The Morgan fingerprint density at radius 2 is 2.17 bits per heavy atom. The van der Waals surface area contributed by atoms with Crippen LogP contribution in [0, 0.1) is 23.2 Å². The number of benzene rings is 1. The van der Waals surface area contributed by atoms with Crippen LogP contribution in [0.2, 0.25) is 0 Å². The second kappa shape index (κ2) is 7.73. The molecule has 0 saturated heterocycles. The van der Waals surface area contributed by atoms with Gasteiger partial charge in [0.1, 0.15) is 5.75 Å². The highest BCUT2D eigenvalue weighted by Crippen LogP contribution is 2.12.